The van der Waals surface area contributed by atoms with Crippen LogP contribution in [0.25, 0.3) is 0 Å². The molecular formula is C12H13FINO2. The predicted molar refractivity (Wildman–Crippen MR) is 71.3 cm³/mol. The topological polar surface area (TPSA) is 38.3 Å². The quantitative estimate of drug-likeness (QED) is 0.834. The van der Waals surface area contributed by atoms with E-state index in [0.29, 0.717) is 15.9 Å². The summed E-state index contributed by atoms with van der Waals surface area (Å²) in [4.78, 5) is 11.9. The van der Waals surface area contributed by atoms with Crippen molar-refractivity contribution in [1.29, 1.82) is 0 Å². The van der Waals surface area contributed by atoms with Crippen LogP contribution in [0.1, 0.15) is 13.3 Å². The average molecular weight is 349 g/mol. The van der Waals surface area contributed by atoms with Crippen LogP contribution in [0, 0.1) is 15.3 Å². The molecule has 1 aromatic carbocycles. The summed E-state index contributed by atoms with van der Waals surface area (Å²) in [5, 5.41) is 2.77. The molecule has 0 radical (unpaired) electrons. The molecule has 0 aliphatic carbocycles. The van der Waals surface area contributed by atoms with Crippen LogP contribution in [-0.2, 0) is 9.53 Å². The Balaban J connectivity index is 2.07. The van der Waals surface area contributed by atoms with Crippen LogP contribution in [0.15, 0.2) is 18.2 Å². The lowest BCUT2D eigenvalue weighted by Gasteiger charge is -2.15. The van der Waals surface area contributed by atoms with Crippen molar-refractivity contribution in [3.8, 4) is 0 Å². The molecule has 1 saturated heterocycles. The number of benzene rings is 1. The van der Waals surface area contributed by atoms with E-state index in [1.807, 2.05) is 29.5 Å². The summed E-state index contributed by atoms with van der Waals surface area (Å²) in [5.74, 6) is -0.231. The molecule has 2 unspecified atom stereocenters. The van der Waals surface area contributed by atoms with Crippen LogP contribution in [0.5, 0.6) is 0 Å². The highest BCUT2D eigenvalue weighted by Crippen LogP contribution is 2.24. The van der Waals surface area contributed by atoms with Gasteiger partial charge in [-0.2, -0.15) is 0 Å². The minimum atomic E-state index is -0.393. The minimum absolute atomic E-state index is 0.153. The van der Waals surface area contributed by atoms with Crippen molar-refractivity contribution >= 4 is 34.2 Å². The van der Waals surface area contributed by atoms with E-state index in [4.69, 9.17) is 4.74 Å². The van der Waals surface area contributed by atoms with Gasteiger partial charge in [0.2, 0.25) is 0 Å². The molecule has 2 rings (SSSR count). The number of hydrogen-bond donors (Lipinski definition) is 1. The van der Waals surface area contributed by atoms with E-state index < -0.39 is 6.10 Å². The average Bonchev–Trinajstić information content (AvgIpc) is 2.68. The maximum Gasteiger partial charge on any atom is 0.253 e. The zero-order chi connectivity index (χ0) is 12.4. The molecule has 92 valence electrons. The lowest BCUT2D eigenvalue weighted by molar-refractivity contribution is -0.126. The Bertz CT molecular complexity index is 439. The number of carbonyl (C=O) groups is 1. The number of anilines is 1. The molecule has 3 nitrogen and oxygen atoms in total. The second kappa shape index (κ2) is 5.30. The number of carbonyl (C=O) groups excluding carboxylic acids is 1. The molecule has 0 saturated carbocycles. The first kappa shape index (κ1) is 12.8. The number of ether oxygens (including phenoxy) is 1. The van der Waals surface area contributed by atoms with Crippen molar-refractivity contribution in [1.82, 2.24) is 0 Å². The molecule has 17 heavy (non-hydrogen) atoms. The van der Waals surface area contributed by atoms with Crippen molar-refractivity contribution in [2.45, 2.75) is 19.4 Å². The molecule has 0 bridgehead atoms. The van der Waals surface area contributed by atoms with Gasteiger partial charge in [-0.15, -0.1) is 0 Å². The maximum absolute atomic E-state index is 12.9. The third-order valence-corrected chi connectivity index (χ3v) is 3.73. The van der Waals surface area contributed by atoms with Gasteiger partial charge in [0, 0.05) is 10.2 Å². The van der Waals surface area contributed by atoms with Crippen LogP contribution in [0.2, 0.25) is 0 Å². The third-order valence-electron chi connectivity index (χ3n) is 2.83. The maximum atomic E-state index is 12.9. The lowest BCUT2D eigenvalue weighted by atomic mass is 10.0. The Labute approximate surface area is 113 Å². The molecule has 0 aromatic heterocycles. The largest absolute Gasteiger partial charge is 0.368 e. The fourth-order valence-corrected chi connectivity index (χ4v) is 2.44. The summed E-state index contributed by atoms with van der Waals surface area (Å²) in [6, 6.07) is 4.28. The summed E-state index contributed by atoms with van der Waals surface area (Å²) in [6.07, 6.45) is 0.509. The van der Waals surface area contributed by atoms with E-state index in [9.17, 15) is 9.18 Å². The van der Waals surface area contributed by atoms with Crippen molar-refractivity contribution in [2.75, 3.05) is 11.9 Å². The van der Waals surface area contributed by atoms with Gasteiger partial charge >= 0.3 is 0 Å². The Hall–Kier alpha value is -0.690. The highest BCUT2D eigenvalue weighted by molar-refractivity contribution is 14.1. The Kier molecular flexibility index (Phi) is 3.98. The molecule has 5 heteroatoms. The first-order chi connectivity index (χ1) is 8.08. The Morgan fingerprint density at radius 2 is 2.35 bits per heavy atom. The molecular weight excluding hydrogens is 336 g/mol. The van der Waals surface area contributed by atoms with Crippen molar-refractivity contribution in [3.05, 3.63) is 27.6 Å². The molecule has 1 aromatic rings. The van der Waals surface area contributed by atoms with E-state index in [0.717, 1.165) is 6.42 Å². The van der Waals surface area contributed by atoms with Crippen LogP contribution < -0.4 is 5.32 Å². The van der Waals surface area contributed by atoms with Crippen LogP contribution >= 0.6 is 22.6 Å². The normalized spacial score (nSPS) is 23.7. The molecule has 1 amide bonds. The van der Waals surface area contributed by atoms with Crippen LogP contribution in [0.3, 0.4) is 0 Å². The zero-order valence-electron chi connectivity index (χ0n) is 9.37. The van der Waals surface area contributed by atoms with Crippen molar-refractivity contribution in [2.24, 2.45) is 5.92 Å². The van der Waals surface area contributed by atoms with Crippen LogP contribution in [0.4, 0.5) is 10.1 Å². The first-order valence-corrected chi connectivity index (χ1v) is 6.53. The highest BCUT2D eigenvalue weighted by atomic mass is 127. The second-order valence-electron chi connectivity index (χ2n) is 4.17. The summed E-state index contributed by atoms with van der Waals surface area (Å²) < 4.78 is 19.0. The molecule has 2 atom stereocenters. The smallest absolute Gasteiger partial charge is 0.253 e. The van der Waals surface area contributed by atoms with E-state index in [1.54, 1.807) is 6.07 Å². The molecule has 0 spiro atoms. The lowest BCUT2D eigenvalue weighted by Crippen LogP contribution is -2.31. The van der Waals surface area contributed by atoms with E-state index >= 15 is 0 Å². The van der Waals surface area contributed by atoms with Gasteiger partial charge in [-0.05, 0) is 53.1 Å². The van der Waals surface area contributed by atoms with Crippen LogP contribution in [-0.4, -0.2) is 18.6 Å². The Morgan fingerprint density at radius 1 is 1.59 bits per heavy atom. The molecule has 1 fully saturated rings. The molecule has 1 heterocycles. The van der Waals surface area contributed by atoms with Gasteiger partial charge < -0.3 is 10.1 Å². The molecule has 1 N–H and O–H groups in total. The Morgan fingerprint density at radius 3 is 2.94 bits per heavy atom. The van der Waals surface area contributed by atoms with Gasteiger partial charge in [0.1, 0.15) is 11.9 Å². The number of rotatable bonds is 2. The molecule has 1 aliphatic heterocycles. The monoisotopic (exact) mass is 349 g/mol. The van der Waals surface area contributed by atoms with Gasteiger partial charge in [0.25, 0.3) is 5.91 Å². The van der Waals surface area contributed by atoms with E-state index in [1.165, 1.54) is 12.1 Å². The standard InChI is InChI=1S/C12H13FINO2/c1-7-4-5-17-11(7)12(16)15-10-3-2-8(13)6-9(10)14/h2-3,6-7,11H,4-5H2,1H3,(H,15,16). The van der Waals surface area contributed by atoms with Gasteiger partial charge in [-0.3, -0.25) is 4.79 Å². The minimum Gasteiger partial charge on any atom is -0.368 e. The van der Waals surface area contributed by atoms with Gasteiger partial charge in [-0.1, -0.05) is 6.92 Å². The third kappa shape index (κ3) is 2.95. The number of halogens is 2. The summed E-state index contributed by atoms with van der Waals surface area (Å²) in [7, 11) is 0. The highest BCUT2D eigenvalue weighted by Gasteiger charge is 2.31. The van der Waals surface area contributed by atoms with Crippen molar-refractivity contribution < 1.29 is 13.9 Å². The van der Waals surface area contributed by atoms with Gasteiger partial charge in [0.15, 0.2) is 0 Å². The van der Waals surface area contributed by atoms with E-state index in [-0.39, 0.29) is 17.6 Å². The first-order valence-electron chi connectivity index (χ1n) is 5.45. The fourth-order valence-electron chi connectivity index (χ4n) is 1.83. The number of amides is 1. The summed E-state index contributed by atoms with van der Waals surface area (Å²) >= 11 is 1.99. The second-order valence-corrected chi connectivity index (χ2v) is 5.33. The zero-order valence-corrected chi connectivity index (χ0v) is 11.5. The fraction of sp³-hybridized carbons (Fsp3) is 0.417. The van der Waals surface area contributed by atoms with Crippen molar-refractivity contribution in [3.63, 3.8) is 0 Å². The number of hydrogen-bond acceptors (Lipinski definition) is 2. The molecule has 1 aliphatic rings. The SMILES string of the molecule is CC1CCOC1C(=O)Nc1ccc(F)cc1I. The summed E-state index contributed by atoms with van der Waals surface area (Å²) in [6.45, 7) is 2.62. The number of nitrogens with one attached hydrogen (secondary N) is 1. The summed E-state index contributed by atoms with van der Waals surface area (Å²) in [5.41, 5.74) is 0.625. The predicted octanol–water partition coefficient (Wildman–Crippen LogP) is 2.79. The van der Waals surface area contributed by atoms with Gasteiger partial charge in [-0.25, -0.2) is 4.39 Å². The van der Waals surface area contributed by atoms with E-state index in [2.05, 4.69) is 5.32 Å². The van der Waals surface area contributed by atoms with Gasteiger partial charge in [0.05, 0.1) is 5.69 Å².